The van der Waals surface area contributed by atoms with E-state index in [1.165, 1.54) is 0 Å². The summed E-state index contributed by atoms with van der Waals surface area (Å²) in [6.07, 6.45) is 0.263. The van der Waals surface area contributed by atoms with Crippen molar-refractivity contribution in [3.05, 3.63) is 59.7 Å². The van der Waals surface area contributed by atoms with Gasteiger partial charge in [-0.2, -0.15) is 0 Å². The van der Waals surface area contributed by atoms with Crippen molar-refractivity contribution in [3.63, 3.8) is 0 Å². The van der Waals surface area contributed by atoms with E-state index < -0.39 is 6.10 Å². The Morgan fingerprint density at radius 3 is 2.07 bits per heavy atom. The van der Waals surface area contributed by atoms with Crippen LogP contribution in [0.15, 0.2) is 48.5 Å². The molecule has 1 atom stereocenters. The predicted molar refractivity (Wildman–Crippen MR) is 103 cm³/mol. The first kappa shape index (κ1) is 20.7. The van der Waals surface area contributed by atoms with Crippen LogP contribution >= 0.6 is 0 Å². The van der Waals surface area contributed by atoms with E-state index in [0.29, 0.717) is 19.4 Å². The first-order valence-corrected chi connectivity index (χ1v) is 8.89. The van der Waals surface area contributed by atoms with Crippen LogP contribution in [0.5, 0.6) is 11.5 Å². The Bertz CT molecular complexity index is 685. The van der Waals surface area contributed by atoms with Gasteiger partial charge in [-0.3, -0.25) is 4.79 Å². The molecular weight excluding hydrogens is 346 g/mol. The summed E-state index contributed by atoms with van der Waals surface area (Å²) < 4.78 is 15.7. The van der Waals surface area contributed by atoms with E-state index in [2.05, 4.69) is 5.32 Å². The van der Waals surface area contributed by atoms with Crippen molar-refractivity contribution in [1.82, 2.24) is 5.32 Å². The average molecular weight is 373 g/mol. The lowest BCUT2D eigenvalue weighted by atomic mass is 10.1. The molecule has 146 valence electrons. The minimum absolute atomic E-state index is 0.0972. The highest BCUT2D eigenvalue weighted by molar-refractivity contribution is 5.76. The average Bonchev–Trinajstić information content (AvgIpc) is 2.71. The first-order valence-electron chi connectivity index (χ1n) is 8.89. The zero-order chi connectivity index (χ0) is 19.5. The number of methoxy groups -OCH3 is 2. The van der Waals surface area contributed by atoms with E-state index in [1.807, 2.05) is 48.5 Å². The zero-order valence-corrected chi connectivity index (χ0v) is 15.8. The molecule has 0 aliphatic carbocycles. The second kappa shape index (κ2) is 11.2. The van der Waals surface area contributed by atoms with E-state index >= 15 is 0 Å². The quantitative estimate of drug-likeness (QED) is 0.632. The molecule has 6 nitrogen and oxygen atoms in total. The van der Waals surface area contributed by atoms with Gasteiger partial charge in [0.1, 0.15) is 11.5 Å². The predicted octanol–water partition coefficient (Wildman–Crippen LogP) is 2.33. The van der Waals surface area contributed by atoms with Crippen molar-refractivity contribution in [2.45, 2.75) is 25.6 Å². The molecule has 1 amide bonds. The van der Waals surface area contributed by atoms with Gasteiger partial charge in [-0.05, 0) is 41.8 Å². The second-order valence-corrected chi connectivity index (χ2v) is 6.17. The number of carbonyl (C=O) groups excluding carboxylic acids is 1. The molecule has 0 aromatic heterocycles. The molecule has 0 aliphatic heterocycles. The Balaban J connectivity index is 1.59. The van der Waals surface area contributed by atoms with Crippen LogP contribution in [0, 0.1) is 0 Å². The number of hydrogen-bond acceptors (Lipinski definition) is 5. The van der Waals surface area contributed by atoms with E-state index in [1.54, 1.807) is 14.2 Å². The highest BCUT2D eigenvalue weighted by Gasteiger charge is 2.08. The molecule has 0 saturated heterocycles. The molecule has 6 heteroatoms. The third-order valence-electron chi connectivity index (χ3n) is 4.07. The molecule has 0 bridgehead atoms. The summed E-state index contributed by atoms with van der Waals surface area (Å²) in [5.74, 6) is 1.48. The number of aliphatic hydroxyl groups excluding tert-OH is 1. The largest absolute Gasteiger partial charge is 0.497 e. The van der Waals surface area contributed by atoms with Crippen LogP contribution in [0.1, 0.15) is 17.5 Å². The summed E-state index contributed by atoms with van der Waals surface area (Å²) in [6.45, 7) is 0.724. The van der Waals surface area contributed by atoms with Gasteiger partial charge in [0.05, 0.1) is 33.5 Å². The molecule has 27 heavy (non-hydrogen) atoms. The van der Waals surface area contributed by atoms with Crippen LogP contribution in [-0.4, -0.2) is 44.5 Å². The molecule has 0 unspecified atom stereocenters. The summed E-state index contributed by atoms with van der Waals surface area (Å²) in [5, 5.41) is 12.7. The number of amides is 1. The number of nitrogens with one attached hydrogen (secondary N) is 1. The smallest absolute Gasteiger partial charge is 0.220 e. The minimum atomic E-state index is -0.742. The van der Waals surface area contributed by atoms with E-state index in [4.69, 9.17) is 14.2 Å². The van der Waals surface area contributed by atoms with E-state index in [9.17, 15) is 9.90 Å². The summed E-state index contributed by atoms with van der Waals surface area (Å²) >= 11 is 0. The van der Waals surface area contributed by atoms with Crippen molar-refractivity contribution in [2.24, 2.45) is 0 Å². The Morgan fingerprint density at radius 1 is 0.963 bits per heavy atom. The number of ether oxygens (including phenoxy) is 3. The van der Waals surface area contributed by atoms with Gasteiger partial charge in [0.25, 0.3) is 0 Å². The Kier molecular flexibility index (Phi) is 8.61. The number of carbonyl (C=O) groups is 1. The first-order chi connectivity index (χ1) is 13.1. The molecular formula is C21H27NO5. The molecule has 0 fully saturated rings. The van der Waals surface area contributed by atoms with Crippen LogP contribution in [0.25, 0.3) is 0 Å². The summed E-state index contributed by atoms with van der Waals surface area (Å²) in [4.78, 5) is 11.9. The summed E-state index contributed by atoms with van der Waals surface area (Å²) in [5.41, 5.74) is 2.06. The van der Waals surface area contributed by atoms with Crippen molar-refractivity contribution in [3.8, 4) is 11.5 Å². The third-order valence-corrected chi connectivity index (χ3v) is 4.07. The molecule has 2 N–H and O–H groups in total. The Labute approximate surface area is 160 Å². The maximum absolute atomic E-state index is 11.9. The van der Waals surface area contributed by atoms with Gasteiger partial charge >= 0.3 is 0 Å². The van der Waals surface area contributed by atoms with Gasteiger partial charge in [0.15, 0.2) is 0 Å². The lowest BCUT2D eigenvalue weighted by molar-refractivity contribution is -0.121. The Hall–Kier alpha value is -2.57. The fourth-order valence-corrected chi connectivity index (χ4v) is 2.46. The molecule has 0 spiro atoms. The fourth-order valence-electron chi connectivity index (χ4n) is 2.46. The SMILES string of the molecule is COc1ccc(CCC(=O)NC[C@H](O)COCc2ccc(OC)cc2)cc1. The van der Waals surface area contributed by atoms with Crippen molar-refractivity contribution in [1.29, 1.82) is 0 Å². The summed E-state index contributed by atoms with van der Waals surface area (Å²) in [6, 6.07) is 15.2. The fraction of sp³-hybridized carbons (Fsp3) is 0.381. The van der Waals surface area contributed by atoms with E-state index in [-0.39, 0.29) is 19.1 Å². The van der Waals surface area contributed by atoms with Crippen molar-refractivity contribution < 1.29 is 24.1 Å². The van der Waals surface area contributed by atoms with Gasteiger partial charge in [0.2, 0.25) is 5.91 Å². The molecule has 0 radical (unpaired) electrons. The lowest BCUT2D eigenvalue weighted by Gasteiger charge is -2.13. The van der Waals surface area contributed by atoms with Gasteiger partial charge < -0.3 is 24.6 Å². The summed E-state index contributed by atoms with van der Waals surface area (Å²) in [7, 11) is 3.24. The van der Waals surface area contributed by atoms with Gasteiger partial charge in [-0.15, -0.1) is 0 Å². The molecule has 2 aromatic carbocycles. The normalized spacial score (nSPS) is 11.7. The van der Waals surface area contributed by atoms with Gasteiger partial charge in [0, 0.05) is 13.0 Å². The Morgan fingerprint density at radius 2 is 1.52 bits per heavy atom. The number of hydrogen-bond donors (Lipinski definition) is 2. The van der Waals surface area contributed by atoms with Crippen LogP contribution in [-0.2, 0) is 22.6 Å². The van der Waals surface area contributed by atoms with Crippen molar-refractivity contribution >= 4 is 5.91 Å². The molecule has 0 saturated carbocycles. The highest BCUT2D eigenvalue weighted by Crippen LogP contribution is 2.13. The van der Waals surface area contributed by atoms with Crippen LogP contribution in [0.3, 0.4) is 0 Å². The number of benzene rings is 2. The molecule has 2 rings (SSSR count). The van der Waals surface area contributed by atoms with Crippen LogP contribution < -0.4 is 14.8 Å². The highest BCUT2D eigenvalue weighted by atomic mass is 16.5. The minimum Gasteiger partial charge on any atom is -0.497 e. The topological polar surface area (TPSA) is 77.0 Å². The third kappa shape index (κ3) is 7.68. The standard InChI is InChI=1S/C21H27NO5/c1-25-19-8-3-16(4-9-19)7-12-21(24)22-13-18(23)15-27-14-17-5-10-20(26-2)11-6-17/h3-6,8-11,18,23H,7,12-15H2,1-2H3,(H,22,24)/t18-/m0/s1. The maximum Gasteiger partial charge on any atom is 0.220 e. The van der Waals surface area contributed by atoms with Crippen molar-refractivity contribution in [2.75, 3.05) is 27.4 Å². The van der Waals surface area contributed by atoms with Gasteiger partial charge in [-0.1, -0.05) is 24.3 Å². The number of aryl methyl sites for hydroxylation is 1. The van der Waals surface area contributed by atoms with Gasteiger partial charge in [-0.25, -0.2) is 0 Å². The number of aliphatic hydroxyl groups is 1. The zero-order valence-electron chi connectivity index (χ0n) is 15.8. The monoisotopic (exact) mass is 373 g/mol. The lowest BCUT2D eigenvalue weighted by Crippen LogP contribution is -2.34. The second-order valence-electron chi connectivity index (χ2n) is 6.17. The molecule has 2 aromatic rings. The van der Waals surface area contributed by atoms with Crippen LogP contribution in [0.2, 0.25) is 0 Å². The molecule has 0 heterocycles. The maximum atomic E-state index is 11.9. The number of rotatable bonds is 11. The van der Waals surface area contributed by atoms with E-state index in [0.717, 1.165) is 22.6 Å². The molecule has 0 aliphatic rings. The van der Waals surface area contributed by atoms with Crippen LogP contribution in [0.4, 0.5) is 0 Å².